The number of aromatic nitrogens is 2. The molecular weight excluding hydrogens is 170 g/mol. The summed E-state index contributed by atoms with van der Waals surface area (Å²) in [6, 6.07) is 1.23. The third kappa shape index (κ3) is 1.80. The number of nitrogens with zero attached hydrogens (tertiary/aromatic N) is 2. The molecule has 5 nitrogen and oxygen atoms in total. The fraction of sp³-hybridized carbons (Fsp3) is 0.500. The Morgan fingerprint density at radius 2 is 2.38 bits per heavy atom. The summed E-state index contributed by atoms with van der Waals surface area (Å²) < 4.78 is 6.02. The van der Waals surface area contributed by atoms with E-state index in [0.29, 0.717) is 5.82 Å². The summed E-state index contributed by atoms with van der Waals surface area (Å²) >= 11 is 0. The van der Waals surface area contributed by atoms with Gasteiger partial charge in [-0.1, -0.05) is 0 Å². The van der Waals surface area contributed by atoms with E-state index < -0.39 is 6.04 Å². The fourth-order valence-electron chi connectivity index (χ4n) is 1.12. The highest BCUT2D eigenvalue weighted by molar-refractivity contribution is 5.74. The second-order valence-corrected chi connectivity index (χ2v) is 2.85. The molecule has 2 N–H and O–H groups in total. The van der Waals surface area contributed by atoms with Crippen molar-refractivity contribution in [2.24, 2.45) is 0 Å². The van der Waals surface area contributed by atoms with E-state index in [4.69, 9.17) is 5.73 Å². The summed E-state index contributed by atoms with van der Waals surface area (Å²) in [5.74, 6) is 0.116. The number of nitrogen functional groups attached to an aromatic ring is 1. The quantitative estimate of drug-likeness (QED) is 0.678. The number of esters is 1. The van der Waals surface area contributed by atoms with Crippen LogP contribution in [0.5, 0.6) is 0 Å². The number of hydrogen-bond donors (Lipinski definition) is 1. The third-order valence-electron chi connectivity index (χ3n) is 1.80. The highest BCUT2D eigenvalue weighted by Crippen LogP contribution is 2.13. The Balaban J connectivity index is 2.94. The van der Waals surface area contributed by atoms with Gasteiger partial charge in [0, 0.05) is 6.07 Å². The van der Waals surface area contributed by atoms with Crippen LogP contribution in [-0.2, 0) is 9.53 Å². The van der Waals surface area contributed by atoms with Gasteiger partial charge in [-0.3, -0.25) is 0 Å². The van der Waals surface area contributed by atoms with Crippen LogP contribution < -0.4 is 5.73 Å². The molecule has 0 aliphatic heterocycles. The monoisotopic (exact) mass is 183 g/mol. The van der Waals surface area contributed by atoms with Gasteiger partial charge in [-0.2, -0.15) is 5.10 Å². The standard InChI is InChI=1S/C8H13N3O2/c1-5-4-7(9)11(10-5)6(2)8(12)13-3/h4,6H,9H2,1-3H3/t6-/m0/s1. The molecular formula is C8H13N3O2. The van der Waals surface area contributed by atoms with E-state index in [-0.39, 0.29) is 5.97 Å². The van der Waals surface area contributed by atoms with Crippen LogP contribution in [0.4, 0.5) is 5.82 Å². The van der Waals surface area contributed by atoms with Crippen molar-refractivity contribution in [3.63, 3.8) is 0 Å². The SMILES string of the molecule is COC(=O)[C@H](C)n1nc(C)cc1N. The molecule has 0 saturated heterocycles. The summed E-state index contributed by atoms with van der Waals surface area (Å²) in [6.45, 7) is 3.51. The molecule has 1 heterocycles. The molecule has 0 bridgehead atoms. The number of nitrogens with two attached hydrogens (primary N) is 1. The maximum atomic E-state index is 11.1. The zero-order valence-corrected chi connectivity index (χ0v) is 7.94. The summed E-state index contributed by atoms with van der Waals surface area (Å²) in [7, 11) is 1.34. The molecule has 0 radical (unpaired) electrons. The molecule has 0 aliphatic rings. The van der Waals surface area contributed by atoms with Crippen LogP contribution in [0.1, 0.15) is 18.7 Å². The molecule has 72 valence electrons. The van der Waals surface area contributed by atoms with Gasteiger partial charge in [-0.15, -0.1) is 0 Å². The van der Waals surface area contributed by atoms with Crippen molar-refractivity contribution >= 4 is 11.8 Å². The van der Waals surface area contributed by atoms with E-state index in [1.54, 1.807) is 13.0 Å². The van der Waals surface area contributed by atoms with E-state index in [1.165, 1.54) is 11.8 Å². The summed E-state index contributed by atoms with van der Waals surface area (Å²) in [5, 5.41) is 4.07. The average Bonchev–Trinajstić information content (AvgIpc) is 2.42. The first-order valence-electron chi connectivity index (χ1n) is 3.95. The Kier molecular flexibility index (Phi) is 2.55. The van der Waals surface area contributed by atoms with Gasteiger partial charge in [0.2, 0.25) is 0 Å². The lowest BCUT2D eigenvalue weighted by Gasteiger charge is -2.10. The number of rotatable bonds is 2. The number of ether oxygens (including phenoxy) is 1. The van der Waals surface area contributed by atoms with Crippen LogP contribution >= 0.6 is 0 Å². The first-order chi connectivity index (χ1) is 6.06. The van der Waals surface area contributed by atoms with Gasteiger partial charge in [-0.25, -0.2) is 9.48 Å². The predicted molar refractivity (Wildman–Crippen MR) is 48.1 cm³/mol. The van der Waals surface area contributed by atoms with Crippen molar-refractivity contribution in [1.29, 1.82) is 0 Å². The summed E-state index contributed by atoms with van der Waals surface area (Å²) in [4.78, 5) is 11.1. The Morgan fingerprint density at radius 1 is 1.77 bits per heavy atom. The second-order valence-electron chi connectivity index (χ2n) is 2.85. The zero-order valence-electron chi connectivity index (χ0n) is 7.94. The van der Waals surface area contributed by atoms with Gasteiger partial charge in [0.15, 0.2) is 0 Å². The molecule has 1 rings (SSSR count). The number of methoxy groups -OCH3 is 1. The first-order valence-corrected chi connectivity index (χ1v) is 3.95. The van der Waals surface area contributed by atoms with Gasteiger partial charge in [0.25, 0.3) is 0 Å². The maximum Gasteiger partial charge on any atom is 0.330 e. The molecule has 13 heavy (non-hydrogen) atoms. The Morgan fingerprint density at radius 3 is 2.77 bits per heavy atom. The smallest absolute Gasteiger partial charge is 0.330 e. The number of carbonyl (C=O) groups is 1. The van der Waals surface area contributed by atoms with Gasteiger partial charge in [-0.05, 0) is 13.8 Å². The molecule has 1 aromatic heterocycles. The molecule has 0 spiro atoms. The third-order valence-corrected chi connectivity index (χ3v) is 1.80. The van der Waals surface area contributed by atoms with Crippen LogP contribution in [0, 0.1) is 6.92 Å². The maximum absolute atomic E-state index is 11.1. The van der Waals surface area contributed by atoms with E-state index in [9.17, 15) is 4.79 Å². The van der Waals surface area contributed by atoms with Gasteiger partial charge < -0.3 is 10.5 Å². The lowest BCUT2D eigenvalue weighted by atomic mass is 10.3. The minimum absolute atomic E-state index is 0.352. The zero-order chi connectivity index (χ0) is 10.0. The first kappa shape index (κ1) is 9.57. The van der Waals surface area contributed by atoms with Crippen LogP contribution in [-0.4, -0.2) is 22.9 Å². The van der Waals surface area contributed by atoms with Crippen LogP contribution in [0.15, 0.2) is 6.07 Å². The van der Waals surface area contributed by atoms with Crippen molar-refractivity contribution in [3.05, 3.63) is 11.8 Å². The average molecular weight is 183 g/mol. The number of hydrogen-bond acceptors (Lipinski definition) is 4. The molecule has 0 amide bonds. The molecule has 0 fully saturated rings. The van der Waals surface area contributed by atoms with Crippen molar-refractivity contribution < 1.29 is 9.53 Å². The lowest BCUT2D eigenvalue weighted by molar-refractivity contribution is -0.144. The molecule has 5 heteroatoms. The molecule has 0 saturated carbocycles. The normalized spacial score (nSPS) is 12.5. The van der Waals surface area contributed by atoms with E-state index >= 15 is 0 Å². The van der Waals surface area contributed by atoms with Gasteiger partial charge in [0.1, 0.15) is 11.9 Å². The largest absolute Gasteiger partial charge is 0.467 e. The van der Waals surface area contributed by atoms with E-state index in [1.807, 2.05) is 6.92 Å². The highest BCUT2D eigenvalue weighted by atomic mass is 16.5. The second kappa shape index (κ2) is 3.47. The lowest BCUT2D eigenvalue weighted by Crippen LogP contribution is -2.20. The fourth-order valence-corrected chi connectivity index (χ4v) is 1.12. The molecule has 1 atom stereocenters. The van der Waals surface area contributed by atoms with Crippen molar-refractivity contribution in [1.82, 2.24) is 9.78 Å². The van der Waals surface area contributed by atoms with Crippen LogP contribution in [0.25, 0.3) is 0 Å². The molecule has 0 unspecified atom stereocenters. The van der Waals surface area contributed by atoms with Crippen LogP contribution in [0.3, 0.4) is 0 Å². The molecule has 0 aliphatic carbocycles. The summed E-state index contributed by atoms with van der Waals surface area (Å²) in [5.41, 5.74) is 6.41. The number of anilines is 1. The minimum atomic E-state index is -0.473. The summed E-state index contributed by atoms with van der Waals surface area (Å²) in [6.07, 6.45) is 0. The number of aryl methyl sites for hydroxylation is 1. The molecule has 1 aromatic rings. The van der Waals surface area contributed by atoms with E-state index in [0.717, 1.165) is 5.69 Å². The van der Waals surface area contributed by atoms with Crippen molar-refractivity contribution in [3.8, 4) is 0 Å². The Hall–Kier alpha value is -1.52. The van der Waals surface area contributed by atoms with Crippen LogP contribution in [0.2, 0.25) is 0 Å². The molecule has 0 aromatic carbocycles. The minimum Gasteiger partial charge on any atom is -0.467 e. The van der Waals surface area contributed by atoms with Crippen molar-refractivity contribution in [2.45, 2.75) is 19.9 Å². The topological polar surface area (TPSA) is 70.1 Å². The Bertz CT molecular complexity index is 319. The van der Waals surface area contributed by atoms with Gasteiger partial charge >= 0.3 is 5.97 Å². The number of carbonyl (C=O) groups excluding carboxylic acids is 1. The predicted octanol–water partition coefficient (Wildman–Crippen LogP) is 0.508. The van der Waals surface area contributed by atoms with Crippen molar-refractivity contribution in [2.75, 3.05) is 12.8 Å². The highest BCUT2D eigenvalue weighted by Gasteiger charge is 2.18. The Labute approximate surface area is 76.5 Å². The van der Waals surface area contributed by atoms with Gasteiger partial charge in [0.05, 0.1) is 12.8 Å². The van der Waals surface area contributed by atoms with E-state index in [2.05, 4.69) is 9.84 Å².